The summed E-state index contributed by atoms with van der Waals surface area (Å²) >= 11 is 1.30. The lowest BCUT2D eigenvalue weighted by Crippen LogP contribution is -2.16. The Morgan fingerprint density at radius 2 is 1.74 bits per heavy atom. The molecule has 2 aromatic carbocycles. The number of halogens is 1. The molecule has 0 fully saturated rings. The number of carbonyl (C=O) groups excluding carboxylic acids is 2. The molecule has 1 aromatic heterocycles. The van der Waals surface area contributed by atoms with Crippen molar-refractivity contribution in [1.29, 1.82) is 0 Å². The number of amides is 1. The maximum absolute atomic E-state index is 13.3. The topological polar surface area (TPSA) is 55.4 Å². The van der Waals surface area contributed by atoms with Gasteiger partial charge in [-0.3, -0.25) is 4.79 Å². The lowest BCUT2D eigenvalue weighted by atomic mass is 10.0. The summed E-state index contributed by atoms with van der Waals surface area (Å²) in [6.07, 6.45) is 0.199. The molecule has 3 rings (SSSR count). The van der Waals surface area contributed by atoms with Crippen molar-refractivity contribution in [3.05, 3.63) is 76.4 Å². The maximum atomic E-state index is 13.3. The molecule has 0 aliphatic carbocycles. The van der Waals surface area contributed by atoms with Crippen LogP contribution >= 0.6 is 11.3 Å². The van der Waals surface area contributed by atoms with E-state index in [2.05, 4.69) is 5.32 Å². The van der Waals surface area contributed by atoms with Crippen LogP contribution in [-0.4, -0.2) is 19.0 Å². The molecule has 27 heavy (non-hydrogen) atoms. The number of thiophene rings is 1. The molecule has 3 aromatic rings. The molecule has 1 heterocycles. The van der Waals surface area contributed by atoms with Gasteiger partial charge in [-0.2, -0.15) is 0 Å². The number of carbonyl (C=O) groups is 2. The molecule has 0 atom stereocenters. The molecule has 0 spiro atoms. The normalized spacial score (nSPS) is 10.5. The highest BCUT2D eigenvalue weighted by Crippen LogP contribution is 2.40. The second-order valence-corrected chi connectivity index (χ2v) is 7.17. The molecule has 0 unspecified atom stereocenters. The summed E-state index contributed by atoms with van der Waals surface area (Å²) in [6, 6.07) is 15.2. The van der Waals surface area contributed by atoms with Crippen LogP contribution in [0.4, 0.5) is 9.39 Å². The van der Waals surface area contributed by atoms with Crippen molar-refractivity contribution in [3.63, 3.8) is 0 Å². The molecule has 0 aliphatic rings. The number of esters is 1. The van der Waals surface area contributed by atoms with Gasteiger partial charge in [0, 0.05) is 10.4 Å². The minimum Gasteiger partial charge on any atom is -0.465 e. The maximum Gasteiger partial charge on any atom is 0.341 e. The van der Waals surface area contributed by atoms with Crippen LogP contribution in [-0.2, 0) is 16.0 Å². The summed E-state index contributed by atoms with van der Waals surface area (Å²) in [6.45, 7) is 1.85. The van der Waals surface area contributed by atoms with Crippen LogP contribution in [0.1, 0.15) is 20.8 Å². The van der Waals surface area contributed by atoms with Crippen LogP contribution in [0, 0.1) is 12.7 Å². The number of benzene rings is 2. The fourth-order valence-corrected chi connectivity index (χ4v) is 3.93. The number of ether oxygens (including phenoxy) is 1. The fourth-order valence-electron chi connectivity index (χ4n) is 2.85. The van der Waals surface area contributed by atoms with Crippen molar-refractivity contribution in [2.75, 3.05) is 12.4 Å². The standard InChI is InChI=1S/C21H18FNO3S/c1-13-18(15-8-10-16(22)11-9-15)19(21(25)26-2)20(27-13)23-17(24)12-14-6-4-3-5-7-14/h3-11H,12H2,1-2H3,(H,23,24). The fraction of sp³-hybridized carbons (Fsp3) is 0.143. The number of hydrogen-bond donors (Lipinski definition) is 1. The van der Waals surface area contributed by atoms with Crippen LogP contribution in [0.2, 0.25) is 0 Å². The van der Waals surface area contributed by atoms with Gasteiger partial charge in [-0.25, -0.2) is 9.18 Å². The van der Waals surface area contributed by atoms with E-state index < -0.39 is 5.97 Å². The Bertz CT molecular complexity index is 965. The predicted octanol–water partition coefficient (Wildman–Crippen LogP) is 4.83. The molecule has 4 nitrogen and oxygen atoms in total. The second kappa shape index (κ2) is 8.14. The van der Waals surface area contributed by atoms with Crippen LogP contribution in [0.25, 0.3) is 11.1 Å². The Morgan fingerprint density at radius 1 is 1.07 bits per heavy atom. The molecular formula is C21H18FNO3S. The molecule has 1 N–H and O–H groups in total. The Balaban J connectivity index is 1.95. The smallest absolute Gasteiger partial charge is 0.341 e. The lowest BCUT2D eigenvalue weighted by molar-refractivity contribution is -0.115. The van der Waals surface area contributed by atoms with Gasteiger partial charge in [-0.15, -0.1) is 11.3 Å². The number of rotatable bonds is 5. The third-order valence-electron chi connectivity index (χ3n) is 4.07. The zero-order chi connectivity index (χ0) is 19.4. The molecule has 0 bridgehead atoms. The summed E-state index contributed by atoms with van der Waals surface area (Å²) in [5.74, 6) is -1.13. The van der Waals surface area contributed by atoms with Crippen molar-refractivity contribution >= 4 is 28.2 Å². The Morgan fingerprint density at radius 3 is 2.37 bits per heavy atom. The Hall–Kier alpha value is -2.99. The minimum atomic E-state index is -0.548. The Kier molecular flexibility index (Phi) is 5.66. The van der Waals surface area contributed by atoms with Gasteiger partial charge in [0.1, 0.15) is 16.4 Å². The molecule has 1 amide bonds. The van der Waals surface area contributed by atoms with Crippen LogP contribution in [0.15, 0.2) is 54.6 Å². The monoisotopic (exact) mass is 383 g/mol. The van der Waals surface area contributed by atoms with Crippen LogP contribution in [0.5, 0.6) is 0 Å². The third kappa shape index (κ3) is 4.23. The second-order valence-electron chi connectivity index (χ2n) is 5.95. The first-order valence-corrected chi connectivity index (χ1v) is 9.12. The first kappa shape index (κ1) is 18.8. The van der Waals surface area contributed by atoms with Crippen molar-refractivity contribution in [2.45, 2.75) is 13.3 Å². The van der Waals surface area contributed by atoms with E-state index in [1.165, 1.54) is 30.6 Å². The van der Waals surface area contributed by atoms with Gasteiger partial charge in [0.25, 0.3) is 0 Å². The van der Waals surface area contributed by atoms with Gasteiger partial charge in [0.2, 0.25) is 5.91 Å². The SMILES string of the molecule is COC(=O)c1c(NC(=O)Cc2ccccc2)sc(C)c1-c1ccc(F)cc1. The van der Waals surface area contributed by atoms with E-state index in [1.54, 1.807) is 12.1 Å². The molecule has 138 valence electrons. The molecular weight excluding hydrogens is 365 g/mol. The summed E-state index contributed by atoms with van der Waals surface area (Å²) < 4.78 is 18.2. The number of hydrogen-bond acceptors (Lipinski definition) is 4. The Labute approximate surface area is 160 Å². The van der Waals surface area contributed by atoms with Gasteiger partial charge < -0.3 is 10.1 Å². The molecule has 0 radical (unpaired) electrons. The van der Waals surface area contributed by atoms with Crippen molar-refractivity contribution in [2.24, 2.45) is 0 Å². The number of methoxy groups -OCH3 is 1. The van der Waals surface area contributed by atoms with E-state index in [9.17, 15) is 14.0 Å². The van der Waals surface area contributed by atoms with Gasteiger partial charge in [-0.1, -0.05) is 42.5 Å². The van der Waals surface area contributed by atoms with E-state index >= 15 is 0 Å². The average molecular weight is 383 g/mol. The quantitative estimate of drug-likeness (QED) is 0.642. The molecule has 6 heteroatoms. The highest BCUT2D eigenvalue weighted by molar-refractivity contribution is 7.17. The van der Waals surface area contributed by atoms with Crippen molar-refractivity contribution in [3.8, 4) is 11.1 Å². The zero-order valence-electron chi connectivity index (χ0n) is 14.9. The first-order valence-electron chi connectivity index (χ1n) is 8.31. The van der Waals surface area contributed by atoms with E-state index in [0.29, 0.717) is 16.1 Å². The molecule has 0 saturated heterocycles. The average Bonchev–Trinajstić information content (AvgIpc) is 2.98. The number of nitrogens with one attached hydrogen (secondary N) is 1. The highest BCUT2D eigenvalue weighted by Gasteiger charge is 2.25. The summed E-state index contributed by atoms with van der Waals surface area (Å²) in [7, 11) is 1.29. The van der Waals surface area contributed by atoms with Crippen molar-refractivity contribution in [1.82, 2.24) is 0 Å². The van der Waals surface area contributed by atoms with Gasteiger partial charge in [-0.05, 0) is 30.2 Å². The van der Waals surface area contributed by atoms with E-state index in [4.69, 9.17) is 4.74 Å². The minimum absolute atomic E-state index is 0.199. The van der Waals surface area contributed by atoms with E-state index in [0.717, 1.165) is 10.4 Å². The summed E-state index contributed by atoms with van der Waals surface area (Å²) in [4.78, 5) is 25.7. The highest BCUT2D eigenvalue weighted by atomic mass is 32.1. The van der Waals surface area contributed by atoms with Gasteiger partial charge in [0.15, 0.2) is 0 Å². The van der Waals surface area contributed by atoms with Crippen LogP contribution < -0.4 is 5.32 Å². The number of anilines is 1. The zero-order valence-corrected chi connectivity index (χ0v) is 15.7. The third-order valence-corrected chi connectivity index (χ3v) is 5.09. The summed E-state index contributed by atoms with van der Waals surface area (Å²) in [5.41, 5.74) is 2.49. The largest absolute Gasteiger partial charge is 0.465 e. The number of aryl methyl sites for hydroxylation is 1. The molecule has 0 saturated carbocycles. The van der Waals surface area contributed by atoms with E-state index in [-0.39, 0.29) is 23.7 Å². The van der Waals surface area contributed by atoms with Crippen LogP contribution in [0.3, 0.4) is 0 Å². The summed E-state index contributed by atoms with van der Waals surface area (Å²) in [5, 5.41) is 3.25. The predicted molar refractivity (Wildman–Crippen MR) is 105 cm³/mol. The van der Waals surface area contributed by atoms with Gasteiger partial charge >= 0.3 is 5.97 Å². The van der Waals surface area contributed by atoms with Gasteiger partial charge in [0.05, 0.1) is 13.5 Å². The molecule has 0 aliphatic heterocycles. The lowest BCUT2D eigenvalue weighted by Gasteiger charge is -2.08. The first-order chi connectivity index (χ1) is 13.0. The van der Waals surface area contributed by atoms with Crippen molar-refractivity contribution < 1.29 is 18.7 Å². The van der Waals surface area contributed by atoms with E-state index in [1.807, 2.05) is 37.3 Å².